The second-order valence-corrected chi connectivity index (χ2v) is 9.26. The Balaban J connectivity index is 1.24. The minimum Gasteiger partial charge on any atom is -0.326 e. The molecule has 0 aliphatic carbocycles. The number of rotatable bonds is 6. The summed E-state index contributed by atoms with van der Waals surface area (Å²) in [5, 5.41) is 14.3. The number of imide groups is 1. The van der Waals surface area contributed by atoms with Gasteiger partial charge in [0.25, 0.3) is 17.5 Å². The molecule has 11 heteroatoms. The van der Waals surface area contributed by atoms with Gasteiger partial charge in [0.15, 0.2) is 5.13 Å². The average molecular weight is 479 g/mol. The fourth-order valence-electron chi connectivity index (χ4n) is 4.33. The van der Waals surface area contributed by atoms with Gasteiger partial charge in [0.1, 0.15) is 25.2 Å². The maximum Gasteiger partial charge on any atom is 0.282 e. The number of nitrogens with one attached hydrogen (secondary N) is 2. The average Bonchev–Trinajstić information content (AvgIpc) is 3.32. The van der Waals surface area contributed by atoms with Crippen LogP contribution >= 0.6 is 11.3 Å². The maximum atomic E-state index is 12.7. The minimum atomic E-state index is -0.846. The molecule has 172 valence electrons. The number of fused-ring (bicyclic) bond motifs is 2. The number of anilines is 1. The maximum absolute atomic E-state index is 12.7. The van der Waals surface area contributed by atoms with E-state index >= 15 is 0 Å². The largest absolute Gasteiger partial charge is 0.326 e. The Morgan fingerprint density at radius 2 is 1.94 bits per heavy atom. The SMILES string of the molecule is O=C(CN1C(=O)c2cccc([N+](=O)[O-])c2C1=O)Nc1nc2c(s1)C[NH+](Cc1ccccc1)CC2. The molecule has 0 fully saturated rings. The van der Waals surface area contributed by atoms with Gasteiger partial charge in [-0.05, 0) is 6.07 Å². The number of nitro groups is 1. The molecule has 0 bridgehead atoms. The van der Waals surface area contributed by atoms with Crippen LogP contribution in [0.25, 0.3) is 0 Å². The van der Waals surface area contributed by atoms with E-state index in [9.17, 15) is 24.5 Å². The molecule has 0 radical (unpaired) electrons. The smallest absolute Gasteiger partial charge is 0.282 e. The summed E-state index contributed by atoms with van der Waals surface area (Å²) in [7, 11) is 0. The molecular weight excluding hydrogens is 458 g/mol. The van der Waals surface area contributed by atoms with E-state index in [4.69, 9.17) is 0 Å². The van der Waals surface area contributed by atoms with Gasteiger partial charge in [0, 0.05) is 18.1 Å². The quantitative estimate of drug-likeness (QED) is 0.314. The van der Waals surface area contributed by atoms with E-state index in [0.29, 0.717) is 5.13 Å². The van der Waals surface area contributed by atoms with Gasteiger partial charge in [-0.3, -0.25) is 29.4 Å². The first-order valence-electron chi connectivity index (χ1n) is 10.7. The van der Waals surface area contributed by atoms with Crippen LogP contribution < -0.4 is 10.2 Å². The fraction of sp³-hybridized carbons (Fsp3) is 0.217. The van der Waals surface area contributed by atoms with E-state index in [2.05, 4.69) is 22.4 Å². The highest BCUT2D eigenvalue weighted by atomic mass is 32.1. The Hall–Kier alpha value is -3.96. The van der Waals surface area contributed by atoms with E-state index < -0.39 is 34.9 Å². The van der Waals surface area contributed by atoms with Crippen molar-refractivity contribution < 1.29 is 24.2 Å². The molecule has 1 aromatic heterocycles. The van der Waals surface area contributed by atoms with Crippen LogP contribution in [0, 0.1) is 10.1 Å². The van der Waals surface area contributed by atoms with Crippen LogP contribution in [-0.2, 0) is 24.3 Å². The fourth-order valence-corrected chi connectivity index (χ4v) is 5.43. The van der Waals surface area contributed by atoms with Crippen LogP contribution in [0.15, 0.2) is 48.5 Å². The number of carbonyl (C=O) groups excluding carboxylic acids is 3. The zero-order valence-electron chi connectivity index (χ0n) is 17.9. The Kier molecular flexibility index (Phi) is 5.64. The number of aromatic nitrogens is 1. The number of quaternary nitrogens is 1. The van der Waals surface area contributed by atoms with Gasteiger partial charge in [-0.25, -0.2) is 4.98 Å². The van der Waals surface area contributed by atoms with Crippen LogP contribution in [0.2, 0.25) is 0 Å². The molecule has 3 heterocycles. The molecular formula is C23H20N5O5S+. The first-order valence-corrected chi connectivity index (χ1v) is 11.5. The van der Waals surface area contributed by atoms with E-state index in [1.165, 1.54) is 33.9 Å². The number of benzene rings is 2. The number of nitrogens with zero attached hydrogens (tertiary/aromatic N) is 3. The monoisotopic (exact) mass is 478 g/mol. The molecule has 10 nitrogen and oxygen atoms in total. The van der Waals surface area contributed by atoms with Gasteiger partial charge in [-0.15, -0.1) is 0 Å². The van der Waals surface area contributed by atoms with Crippen molar-refractivity contribution in [3.05, 3.63) is 85.9 Å². The summed E-state index contributed by atoms with van der Waals surface area (Å²) >= 11 is 1.39. The van der Waals surface area contributed by atoms with Gasteiger partial charge in [0.05, 0.1) is 27.6 Å². The first kappa shape index (κ1) is 21.9. The van der Waals surface area contributed by atoms with Crippen LogP contribution in [0.1, 0.15) is 36.9 Å². The topological polar surface area (TPSA) is 127 Å². The molecule has 2 N–H and O–H groups in total. The third kappa shape index (κ3) is 4.06. The van der Waals surface area contributed by atoms with Crippen molar-refractivity contribution in [3.63, 3.8) is 0 Å². The summed E-state index contributed by atoms with van der Waals surface area (Å²) in [5.74, 6) is -2.16. The van der Waals surface area contributed by atoms with Crippen LogP contribution in [0.5, 0.6) is 0 Å². The van der Waals surface area contributed by atoms with Crippen molar-refractivity contribution in [2.24, 2.45) is 0 Å². The number of carbonyl (C=O) groups is 3. The molecule has 34 heavy (non-hydrogen) atoms. The van der Waals surface area contributed by atoms with Gasteiger partial charge >= 0.3 is 0 Å². The lowest BCUT2D eigenvalue weighted by Crippen LogP contribution is -3.10. The van der Waals surface area contributed by atoms with Crippen molar-refractivity contribution >= 4 is 39.9 Å². The predicted molar refractivity (Wildman–Crippen MR) is 123 cm³/mol. The standard InChI is InChI=1S/C23H19N5O5S/c29-19(13-27-21(30)15-7-4-8-17(28(32)33)20(15)22(27)31)25-23-24-16-9-10-26(12-18(16)34-23)11-14-5-2-1-3-6-14/h1-8H,9-13H2,(H,24,25,29)/p+1. The molecule has 1 unspecified atom stereocenters. The molecule has 1 atom stereocenters. The van der Waals surface area contributed by atoms with Gasteiger partial charge < -0.3 is 10.2 Å². The Morgan fingerprint density at radius 3 is 2.71 bits per heavy atom. The second-order valence-electron chi connectivity index (χ2n) is 8.18. The van der Waals surface area contributed by atoms with Crippen LogP contribution in [0.3, 0.4) is 0 Å². The lowest BCUT2D eigenvalue weighted by Gasteiger charge is -2.22. The number of hydrogen-bond donors (Lipinski definition) is 2. The summed E-state index contributed by atoms with van der Waals surface area (Å²) in [6.45, 7) is 2.11. The van der Waals surface area contributed by atoms with E-state index in [0.717, 1.165) is 47.6 Å². The second kappa shape index (κ2) is 8.76. The summed E-state index contributed by atoms with van der Waals surface area (Å²) < 4.78 is 0. The van der Waals surface area contributed by atoms with E-state index in [-0.39, 0.29) is 11.1 Å². The highest BCUT2D eigenvalue weighted by Crippen LogP contribution is 2.31. The molecule has 2 aliphatic rings. The van der Waals surface area contributed by atoms with Crippen molar-refractivity contribution in [3.8, 4) is 0 Å². The lowest BCUT2D eigenvalue weighted by molar-refractivity contribution is -0.929. The molecule has 0 spiro atoms. The number of hydrogen-bond acceptors (Lipinski definition) is 7. The molecule has 2 aromatic carbocycles. The van der Waals surface area contributed by atoms with Crippen molar-refractivity contribution in [1.82, 2.24) is 9.88 Å². The molecule has 3 aromatic rings. The zero-order chi connectivity index (χ0) is 23.8. The highest BCUT2D eigenvalue weighted by Gasteiger charge is 2.41. The van der Waals surface area contributed by atoms with E-state index in [1.54, 1.807) is 0 Å². The summed E-state index contributed by atoms with van der Waals surface area (Å²) in [5.41, 5.74) is 1.41. The Morgan fingerprint density at radius 1 is 1.15 bits per heavy atom. The van der Waals surface area contributed by atoms with Crippen LogP contribution in [-0.4, -0.2) is 45.6 Å². The van der Waals surface area contributed by atoms with Crippen LogP contribution in [0.4, 0.5) is 10.8 Å². The number of nitro benzene ring substituents is 1. The molecule has 0 saturated carbocycles. The third-order valence-electron chi connectivity index (χ3n) is 5.92. The Bertz CT molecular complexity index is 1320. The third-order valence-corrected chi connectivity index (χ3v) is 6.94. The van der Waals surface area contributed by atoms with Gasteiger partial charge in [-0.2, -0.15) is 0 Å². The van der Waals surface area contributed by atoms with Crippen molar-refractivity contribution in [1.29, 1.82) is 0 Å². The predicted octanol–water partition coefficient (Wildman–Crippen LogP) is 1.43. The molecule has 2 aliphatic heterocycles. The highest BCUT2D eigenvalue weighted by molar-refractivity contribution is 7.15. The van der Waals surface area contributed by atoms with Gasteiger partial charge in [-0.1, -0.05) is 47.7 Å². The summed E-state index contributed by atoms with van der Waals surface area (Å²) in [6.07, 6.45) is 0.798. The van der Waals surface area contributed by atoms with E-state index in [1.807, 2.05) is 18.2 Å². The van der Waals surface area contributed by atoms with Gasteiger partial charge in [0.2, 0.25) is 5.91 Å². The van der Waals surface area contributed by atoms with Crippen molar-refractivity contribution in [2.75, 3.05) is 18.4 Å². The first-order chi connectivity index (χ1) is 16.4. The summed E-state index contributed by atoms with van der Waals surface area (Å²) in [6, 6.07) is 14.1. The Labute approximate surface area is 198 Å². The molecule has 5 rings (SSSR count). The lowest BCUT2D eigenvalue weighted by atomic mass is 10.1. The normalized spacial score (nSPS) is 16.8. The minimum absolute atomic E-state index is 0.0711. The molecule has 0 saturated heterocycles. The number of amides is 3. The summed E-state index contributed by atoms with van der Waals surface area (Å²) in [4.78, 5) is 56.2. The molecule has 3 amide bonds. The number of thiazole rings is 1. The zero-order valence-corrected chi connectivity index (χ0v) is 18.8. The van der Waals surface area contributed by atoms with Crippen molar-refractivity contribution in [2.45, 2.75) is 19.5 Å².